The molecule has 2 heteroatoms. The van der Waals surface area contributed by atoms with Crippen molar-refractivity contribution >= 4 is 24.1 Å². The van der Waals surface area contributed by atoms with Gasteiger partial charge in [0.2, 0.25) is 5.91 Å². The van der Waals surface area contributed by atoms with Crippen molar-refractivity contribution < 1.29 is 4.79 Å². The molecule has 0 radical (unpaired) electrons. The molecule has 3 aromatic rings. The minimum atomic E-state index is -0.822. The molecule has 0 fully saturated rings. The number of carbonyl (C=O) groups is 1. The summed E-state index contributed by atoms with van der Waals surface area (Å²) in [5.74, 6) is -0.316. The van der Waals surface area contributed by atoms with Crippen LogP contribution in [0, 0.1) is 5.41 Å². The van der Waals surface area contributed by atoms with Gasteiger partial charge in [0.1, 0.15) is 0 Å². The van der Waals surface area contributed by atoms with Crippen LogP contribution in [0.4, 0.5) is 0 Å². The largest absolute Gasteiger partial charge is 0.369 e. The number of benzene rings is 3. The zero-order valence-electron chi connectivity index (χ0n) is 17.9. The second-order valence-electron chi connectivity index (χ2n) is 7.88. The van der Waals surface area contributed by atoms with Gasteiger partial charge >= 0.3 is 0 Å². The molecule has 2 nitrogen and oxygen atoms in total. The number of nitrogens with two attached hydrogens (primary N) is 1. The van der Waals surface area contributed by atoms with Crippen molar-refractivity contribution in [3.63, 3.8) is 0 Å². The molecule has 0 saturated heterocycles. The standard InChI is InChI=1S/C29H29NO/c1-4-22-13-7-10-16-25(22)19-29(28(30)31,20-26-17-11-8-14-23(26)5-2)21-27-18-12-9-15-24(27)6-3/h4-18H,1-3,19-21H2,(H2,30,31). The topological polar surface area (TPSA) is 43.1 Å². The average molecular weight is 408 g/mol. The lowest BCUT2D eigenvalue weighted by Crippen LogP contribution is -2.43. The van der Waals surface area contributed by atoms with Crippen LogP contribution in [-0.2, 0) is 24.1 Å². The molecular formula is C29H29NO. The number of rotatable bonds is 10. The fourth-order valence-corrected chi connectivity index (χ4v) is 4.23. The van der Waals surface area contributed by atoms with Gasteiger partial charge in [0.05, 0.1) is 5.41 Å². The molecule has 0 aliphatic heterocycles. The fraction of sp³-hybridized carbons (Fsp3) is 0.138. The Labute approximate surface area is 185 Å². The van der Waals surface area contributed by atoms with E-state index < -0.39 is 5.41 Å². The summed E-state index contributed by atoms with van der Waals surface area (Å²) in [6, 6.07) is 24.1. The molecule has 0 aliphatic carbocycles. The number of hydrogen-bond donors (Lipinski definition) is 1. The van der Waals surface area contributed by atoms with Gasteiger partial charge in [-0.1, -0.05) is 111 Å². The van der Waals surface area contributed by atoms with E-state index in [0.717, 1.165) is 33.4 Å². The first-order valence-electron chi connectivity index (χ1n) is 10.4. The van der Waals surface area contributed by atoms with Crippen molar-refractivity contribution in [2.24, 2.45) is 11.1 Å². The quantitative estimate of drug-likeness (QED) is 0.432. The van der Waals surface area contributed by atoms with Crippen LogP contribution in [0.5, 0.6) is 0 Å². The van der Waals surface area contributed by atoms with Gasteiger partial charge in [-0.25, -0.2) is 0 Å². The molecular weight excluding hydrogens is 378 g/mol. The first kappa shape index (κ1) is 22.0. The highest BCUT2D eigenvalue weighted by Gasteiger charge is 2.38. The summed E-state index contributed by atoms with van der Waals surface area (Å²) in [6.07, 6.45) is 7.04. The lowest BCUT2D eigenvalue weighted by Gasteiger charge is -2.33. The first-order chi connectivity index (χ1) is 15.0. The molecule has 31 heavy (non-hydrogen) atoms. The molecule has 3 rings (SSSR count). The van der Waals surface area contributed by atoms with Gasteiger partial charge in [-0.15, -0.1) is 0 Å². The van der Waals surface area contributed by atoms with Gasteiger partial charge in [-0.2, -0.15) is 0 Å². The van der Waals surface area contributed by atoms with Gasteiger partial charge < -0.3 is 5.73 Å². The molecule has 0 atom stereocenters. The number of primary amides is 1. The monoisotopic (exact) mass is 407 g/mol. The van der Waals surface area contributed by atoms with Crippen LogP contribution in [0.3, 0.4) is 0 Å². The maximum atomic E-state index is 13.2. The molecule has 1 amide bonds. The summed E-state index contributed by atoms with van der Waals surface area (Å²) in [5, 5.41) is 0. The summed E-state index contributed by atoms with van der Waals surface area (Å²) >= 11 is 0. The van der Waals surface area contributed by atoms with Crippen LogP contribution in [0.25, 0.3) is 18.2 Å². The maximum absolute atomic E-state index is 13.2. The predicted octanol–water partition coefficient (Wildman–Crippen LogP) is 6.12. The van der Waals surface area contributed by atoms with Gasteiger partial charge in [0.25, 0.3) is 0 Å². The van der Waals surface area contributed by atoms with E-state index in [0.29, 0.717) is 19.3 Å². The fourth-order valence-electron chi connectivity index (χ4n) is 4.23. The first-order valence-corrected chi connectivity index (χ1v) is 10.4. The number of hydrogen-bond acceptors (Lipinski definition) is 1. The zero-order valence-corrected chi connectivity index (χ0v) is 17.9. The highest BCUT2D eigenvalue weighted by Crippen LogP contribution is 2.35. The van der Waals surface area contributed by atoms with Crippen molar-refractivity contribution in [2.75, 3.05) is 0 Å². The predicted molar refractivity (Wildman–Crippen MR) is 132 cm³/mol. The Morgan fingerprint density at radius 1 is 0.645 bits per heavy atom. The van der Waals surface area contributed by atoms with E-state index in [1.807, 2.05) is 91.0 Å². The Hall–Kier alpha value is -3.65. The number of amides is 1. The minimum absolute atomic E-state index is 0.316. The molecule has 3 aromatic carbocycles. The number of carbonyl (C=O) groups excluding carboxylic acids is 1. The second kappa shape index (κ2) is 9.90. The molecule has 0 aliphatic rings. The SMILES string of the molecule is C=Cc1ccccc1CC(Cc1ccccc1C=C)(Cc1ccccc1C=C)C(N)=O. The molecule has 0 bridgehead atoms. The zero-order chi connectivity index (χ0) is 22.3. The Morgan fingerprint density at radius 3 is 1.19 bits per heavy atom. The van der Waals surface area contributed by atoms with Gasteiger partial charge in [-0.3, -0.25) is 4.79 Å². The summed E-state index contributed by atoms with van der Waals surface area (Å²) in [5.41, 5.74) is 11.6. The van der Waals surface area contributed by atoms with Crippen LogP contribution in [0.2, 0.25) is 0 Å². The Balaban J connectivity index is 2.16. The highest BCUT2D eigenvalue weighted by atomic mass is 16.1. The molecule has 0 heterocycles. The van der Waals surface area contributed by atoms with E-state index in [9.17, 15) is 4.79 Å². The molecule has 0 aromatic heterocycles. The van der Waals surface area contributed by atoms with Crippen LogP contribution < -0.4 is 5.73 Å². The van der Waals surface area contributed by atoms with Crippen molar-refractivity contribution in [1.82, 2.24) is 0 Å². The highest BCUT2D eigenvalue weighted by molar-refractivity contribution is 5.83. The lowest BCUT2D eigenvalue weighted by atomic mass is 9.70. The van der Waals surface area contributed by atoms with E-state index in [-0.39, 0.29) is 5.91 Å². The molecule has 156 valence electrons. The Morgan fingerprint density at radius 2 is 0.935 bits per heavy atom. The lowest BCUT2D eigenvalue weighted by molar-refractivity contribution is -0.127. The second-order valence-corrected chi connectivity index (χ2v) is 7.88. The molecule has 0 saturated carbocycles. The van der Waals surface area contributed by atoms with Gasteiger partial charge in [0.15, 0.2) is 0 Å². The van der Waals surface area contributed by atoms with Crippen molar-refractivity contribution in [3.8, 4) is 0 Å². The average Bonchev–Trinajstić information content (AvgIpc) is 2.80. The van der Waals surface area contributed by atoms with Gasteiger partial charge in [0, 0.05) is 0 Å². The van der Waals surface area contributed by atoms with Crippen LogP contribution >= 0.6 is 0 Å². The third kappa shape index (κ3) is 4.92. The van der Waals surface area contributed by atoms with E-state index in [4.69, 9.17) is 5.73 Å². The summed E-state index contributed by atoms with van der Waals surface area (Å²) in [7, 11) is 0. The van der Waals surface area contributed by atoms with Crippen molar-refractivity contribution in [2.45, 2.75) is 19.3 Å². The van der Waals surface area contributed by atoms with Crippen LogP contribution in [-0.4, -0.2) is 5.91 Å². The molecule has 0 unspecified atom stereocenters. The van der Waals surface area contributed by atoms with Crippen molar-refractivity contribution in [3.05, 3.63) is 126 Å². The van der Waals surface area contributed by atoms with Gasteiger partial charge in [-0.05, 0) is 52.6 Å². The molecule has 0 spiro atoms. The van der Waals surface area contributed by atoms with E-state index in [1.54, 1.807) is 0 Å². The van der Waals surface area contributed by atoms with E-state index in [1.165, 1.54) is 0 Å². The van der Waals surface area contributed by atoms with Crippen molar-refractivity contribution in [1.29, 1.82) is 0 Å². The van der Waals surface area contributed by atoms with E-state index >= 15 is 0 Å². The van der Waals surface area contributed by atoms with E-state index in [2.05, 4.69) is 19.7 Å². The normalized spacial score (nSPS) is 11.0. The summed E-state index contributed by atoms with van der Waals surface area (Å²) < 4.78 is 0. The third-order valence-electron chi connectivity index (χ3n) is 5.93. The third-order valence-corrected chi connectivity index (χ3v) is 5.93. The van der Waals surface area contributed by atoms with Crippen LogP contribution in [0.1, 0.15) is 33.4 Å². The Kier molecular flexibility index (Phi) is 7.04. The smallest absolute Gasteiger partial charge is 0.224 e. The minimum Gasteiger partial charge on any atom is -0.369 e. The molecule has 2 N–H and O–H groups in total. The van der Waals surface area contributed by atoms with Crippen LogP contribution in [0.15, 0.2) is 92.5 Å². The maximum Gasteiger partial charge on any atom is 0.224 e. The summed E-state index contributed by atoms with van der Waals surface area (Å²) in [6.45, 7) is 11.8. The Bertz CT molecular complexity index is 979. The summed E-state index contributed by atoms with van der Waals surface area (Å²) in [4.78, 5) is 13.2.